The molecule has 0 spiro atoms. The van der Waals surface area contributed by atoms with Crippen LogP contribution in [-0.2, 0) is 23.1 Å². The smallest absolute Gasteiger partial charge is 0.243 e. The molecular weight excluding hydrogens is 442 g/mol. The summed E-state index contributed by atoms with van der Waals surface area (Å²) in [7, 11) is -3.71. The molecule has 0 amide bonds. The van der Waals surface area contributed by atoms with Crippen molar-refractivity contribution in [1.29, 1.82) is 0 Å². The summed E-state index contributed by atoms with van der Waals surface area (Å²) < 4.78 is 28.1. The van der Waals surface area contributed by atoms with E-state index in [1.54, 1.807) is 42.5 Å². The van der Waals surface area contributed by atoms with Crippen LogP contribution in [0.3, 0.4) is 0 Å². The van der Waals surface area contributed by atoms with E-state index >= 15 is 0 Å². The maximum Gasteiger partial charge on any atom is 0.243 e. The number of nitrogens with zero attached hydrogens (tertiary/aromatic N) is 1. The Morgan fingerprint density at radius 2 is 1.59 bits per heavy atom. The van der Waals surface area contributed by atoms with Gasteiger partial charge in [-0.15, -0.1) is 0 Å². The van der Waals surface area contributed by atoms with Gasteiger partial charge in [-0.05, 0) is 47.7 Å². The van der Waals surface area contributed by atoms with Crippen LogP contribution < -0.4 is 0 Å². The largest absolute Gasteiger partial charge is 0.289 e. The Bertz CT molecular complexity index is 1460. The van der Waals surface area contributed by atoms with Crippen molar-refractivity contribution in [2.75, 3.05) is 0 Å². The molecule has 0 bridgehead atoms. The van der Waals surface area contributed by atoms with E-state index in [0.717, 1.165) is 27.5 Å². The van der Waals surface area contributed by atoms with Crippen molar-refractivity contribution in [3.05, 3.63) is 112 Å². The molecule has 4 aromatic carbocycles. The lowest BCUT2D eigenvalue weighted by atomic mass is 9.90. The number of hydrogen-bond donors (Lipinski definition) is 0. The molecule has 1 aliphatic heterocycles. The second kappa shape index (κ2) is 7.85. The molecule has 0 saturated carbocycles. The second-order valence-electron chi connectivity index (χ2n) is 8.01. The van der Waals surface area contributed by atoms with Crippen LogP contribution in [0.4, 0.5) is 0 Å². The second-order valence-corrected chi connectivity index (χ2v) is 10.4. The van der Waals surface area contributed by atoms with Gasteiger partial charge in [0.15, 0.2) is 5.78 Å². The number of rotatable bonds is 4. The third kappa shape index (κ3) is 3.43. The van der Waals surface area contributed by atoms with Gasteiger partial charge in [-0.1, -0.05) is 71.8 Å². The maximum absolute atomic E-state index is 13.6. The van der Waals surface area contributed by atoms with Gasteiger partial charge < -0.3 is 0 Å². The Morgan fingerprint density at radius 1 is 0.875 bits per heavy atom. The number of sulfonamides is 1. The van der Waals surface area contributed by atoms with Crippen LogP contribution in [0.2, 0.25) is 5.02 Å². The summed E-state index contributed by atoms with van der Waals surface area (Å²) in [5.74, 6) is -0.135. The summed E-state index contributed by atoms with van der Waals surface area (Å²) in [5.41, 5.74) is 3.62. The Kier molecular flexibility index (Phi) is 5.13. The average Bonchev–Trinajstić information content (AvgIpc) is 3.23. The van der Waals surface area contributed by atoms with E-state index in [2.05, 4.69) is 0 Å². The minimum atomic E-state index is -3.71. The molecule has 5 rings (SSSR count). The van der Waals surface area contributed by atoms with Crippen LogP contribution in [0.15, 0.2) is 83.8 Å². The molecule has 160 valence electrons. The van der Waals surface area contributed by atoms with Crippen LogP contribution in [0, 0.1) is 6.92 Å². The normalized spacial score (nSPS) is 13.9. The molecule has 0 aromatic heterocycles. The highest BCUT2D eigenvalue weighted by Gasteiger charge is 2.34. The van der Waals surface area contributed by atoms with Gasteiger partial charge in [0.1, 0.15) is 0 Å². The number of fused-ring (bicyclic) bond motifs is 2. The van der Waals surface area contributed by atoms with Crippen LogP contribution in [0.5, 0.6) is 0 Å². The van der Waals surface area contributed by atoms with Crippen LogP contribution >= 0.6 is 11.6 Å². The molecule has 6 heteroatoms. The Balaban J connectivity index is 1.67. The molecule has 0 atom stereocenters. The van der Waals surface area contributed by atoms with Gasteiger partial charge in [0.2, 0.25) is 10.0 Å². The number of halogens is 1. The highest BCUT2D eigenvalue weighted by Crippen LogP contribution is 2.38. The zero-order chi connectivity index (χ0) is 22.5. The molecule has 0 N–H and O–H groups in total. The molecule has 0 radical (unpaired) electrons. The Hall–Kier alpha value is -2.99. The minimum Gasteiger partial charge on any atom is -0.289 e. The zero-order valence-electron chi connectivity index (χ0n) is 17.4. The zero-order valence-corrected chi connectivity index (χ0v) is 19.0. The molecule has 0 saturated heterocycles. The van der Waals surface area contributed by atoms with Crippen molar-refractivity contribution in [3.63, 3.8) is 0 Å². The first-order chi connectivity index (χ1) is 15.4. The number of benzene rings is 4. The summed E-state index contributed by atoms with van der Waals surface area (Å²) in [6.07, 6.45) is 0. The van der Waals surface area contributed by atoms with Gasteiger partial charge in [-0.25, -0.2) is 8.42 Å². The van der Waals surface area contributed by atoms with E-state index < -0.39 is 10.0 Å². The van der Waals surface area contributed by atoms with Crippen molar-refractivity contribution in [2.45, 2.75) is 24.9 Å². The first-order valence-corrected chi connectivity index (χ1v) is 12.1. The van der Waals surface area contributed by atoms with Crippen LogP contribution in [0.25, 0.3) is 10.8 Å². The average molecular weight is 462 g/mol. The monoisotopic (exact) mass is 461 g/mol. The molecule has 4 nitrogen and oxygen atoms in total. The van der Waals surface area contributed by atoms with Crippen molar-refractivity contribution >= 4 is 38.2 Å². The van der Waals surface area contributed by atoms with Gasteiger partial charge in [-0.3, -0.25) is 4.79 Å². The number of hydrogen-bond acceptors (Lipinski definition) is 3. The Morgan fingerprint density at radius 3 is 2.31 bits per heavy atom. The fraction of sp³-hybridized carbons (Fsp3) is 0.115. The van der Waals surface area contributed by atoms with E-state index in [4.69, 9.17) is 11.6 Å². The van der Waals surface area contributed by atoms with Crippen molar-refractivity contribution < 1.29 is 13.2 Å². The number of carbonyl (C=O) groups excluding carboxylic acids is 1. The van der Waals surface area contributed by atoms with Crippen molar-refractivity contribution in [3.8, 4) is 0 Å². The summed E-state index contributed by atoms with van der Waals surface area (Å²) in [4.78, 5) is 13.8. The Labute approximate surface area is 192 Å². The van der Waals surface area contributed by atoms with Crippen molar-refractivity contribution in [1.82, 2.24) is 4.31 Å². The third-order valence-electron chi connectivity index (χ3n) is 5.93. The van der Waals surface area contributed by atoms with E-state index in [9.17, 15) is 13.2 Å². The summed E-state index contributed by atoms with van der Waals surface area (Å²) in [6, 6.07) is 23.2. The fourth-order valence-corrected chi connectivity index (χ4v) is 5.87. The lowest BCUT2D eigenvalue weighted by Gasteiger charge is -2.16. The molecule has 1 heterocycles. The standard InChI is InChI=1S/C26H20ClNO3S/c1-17-10-12-20(13-11-17)32(30,31)28-15-19-14-22-21(8-5-9-24(22)27)25(23(19)16-28)26(29)18-6-3-2-4-7-18/h2-14H,15-16H2,1H3. The summed E-state index contributed by atoms with van der Waals surface area (Å²) in [6.45, 7) is 2.25. The number of aryl methyl sites for hydroxylation is 1. The van der Waals surface area contributed by atoms with Gasteiger partial charge in [0.05, 0.1) is 4.90 Å². The predicted molar refractivity (Wildman–Crippen MR) is 126 cm³/mol. The van der Waals surface area contributed by atoms with Crippen LogP contribution in [0.1, 0.15) is 32.6 Å². The molecule has 1 aliphatic rings. The first kappa shape index (κ1) is 20.9. The molecule has 0 aliphatic carbocycles. The summed E-state index contributed by atoms with van der Waals surface area (Å²) >= 11 is 6.48. The van der Waals surface area contributed by atoms with Gasteiger partial charge in [0.25, 0.3) is 0 Å². The molecule has 0 fully saturated rings. The third-order valence-corrected chi connectivity index (χ3v) is 8.07. The van der Waals surface area contributed by atoms with Gasteiger partial charge in [0, 0.05) is 34.6 Å². The fourth-order valence-electron chi connectivity index (χ4n) is 4.25. The molecule has 4 aromatic rings. The van der Waals surface area contributed by atoms with E-state index in [1.807, 2.05) is 43.3 Å². The molecular formula is C26H20ClNO3S. The van der Waals surface area contributed by atoms with Crippen LogP contribution in [-0.4, -0.2) is 18.5 Å². The summed E-state index contributed by atoms with van der Waals surface area (Å²) in [5, 5.41) is 2.02. The topological polar surface area (TPSA) is 54.5 Å². The van der Waals surface area contributed by atoms with Gasteiger partial charge in [-0.2, -0.15) is 4.31 Å². The number of ketones is 1. The van der Waals surface area contributed by atoms with E-state index in [0.29, 0.717) is 16.1 Å². The predicted octanol–water partition coefficient (Wildman–Crippen LogP) is 5.74. The highest BCUT2D eigenvalue weighted by atomic mass is 35.5. The lowest BCUT2D eigenvalue weighted by molar-refractivity contribution is 0.103. The SMILES string of the molecule is Cc1ccc(S(=O)(=O)N2Cc3cc4c(Cl)cccc4c(C(=O)c4ccccc4)c3C2)cc1. The van der Waals surface area contributed by atoms with Crippen molar-refractivity contribution in [2.24, 2.45) is 0 Å². The van der Waals surface area contributed by atoms with E-state index in [-0.39, 0.29) is 23.8 Å². The van der Waals surface area contributed by atoms with E-state index in [1.165, 1.54) is 4.31 Å². The lowest BCUT2D eigenvalue weighted by Crippen LogP contribution is -2.25. The quantitative estimate of drug-likeness (QED) is 0.364. The first-order valence-electron chi connectivity index (χ1n) is 10.3. The highest BCUT2D eigenvalue weighted by molar-refractivity contribution is 7.89. The minimum absolute atomic E-state index is 0.135. The maximum atomic E-state index is 13.6. The van der Waals surface area contributed by atoms with Gasteiger partial charge >= 0.3 is 0 Å². The molecule has 0 unspecified atom stereocenters. The molecule has 32 heavy (non-hydrogen) atoms. The number of carbonyl (C=O) groups is 1.